The van der Waals surface area contributed by atoms with Crippen molar-refractivity contribution in [3.8, 4) is 0 Å². The summed E-state index contributed by atoms with van der Waals surface area (Å²) >= 11 is 0. The van der Waals surface area contributed by atoms with Gasteiger partial charge in [0.2, 0.25) is 0 Å². The molecular formula is C10H16BO2. The first-order valence-corrected chi connectivity index (χ1v) is 4.48. The SMILES string of the molecule is C=C(OC)C1C[B]CC1C(=C)OC. The first-order chi connectivity index (χ1) is 6.20. The largest absolute Gasteiger partial charge is 0.501 e. The molecular weight excluding hydrogens is 163 g/mol. The summed E-state index contributed by atoms with van der Waals surface area (Å²) in [5.74, 6) is 2.35. The molecule has 1 rings (SSSR count). The summed E-state index contributed by atoms with van der Waals surface area (Å²) in [6, 6.07) is 0. The molecule has 1 fully saturated rings. The van der Waals surface area contributed by atoms with Gasteiger partial charge in [-0.2, -0.15) is 0 Å². The standard InChI is InChI=1S/C10H16BO2/c1-7(12-3)9-5-11-6-10(9)8(2)13-4/h9-10H,1-2,5-6H2,3-4H3. The Balaban J connectivity index is 2.63. The molecule has 1 heterocycles. The Morgan fingerprint density at radius 3 is 1.77 bits per heavy atom. The summed E-state index contributed by atoms with van der Waals surface area (Å²) in [5, 5.41) is 0. The molecule has 1 aliphatic heterocycles. The van der Waals surface area contributed by atoms with E-state index in [2.05, 4.69) is 20.4 Å². The van der Waals surface area contributed by atoms with E-state index in [1.165, 1.54) is 0 Å². The number of methoxy groups -OCH3 is 2. The van der Waals surface area contributed by atoms with E-state index in [1.807, 2.05) is 0 Å². The van der Waals surface area contributed by atoms with Crippen molar-refractivity contribution >= 4 is 7.28 Å². The summed E-state index contributed by atoms with van der Waals surface area (Å²) in [6.07, 6.45) is 2.03. The van der Waals surface area contributed by atoms with Crippen LogP contribution in [0.25, 0.3) is 0 Å². The third kappa shape index (κ3) is 2.08. The van der Waals surface area contributed by atoms with Gasteiger partial charge in [0, 0.05) is 11.8 Å². The van der Waals surface area contributed by atoms with Gasteiger partial charge in [-0.1, -0.05) is 25.8 Å². The third-order valence-electron chi connectivity index (χ3n) is 2.68. The molecule has 0 amide bonds. The monoisotopic (exact) mass is 179 g/mol. The Bertz CT molecular complexity index is 191. The Morgan fingerprint density at radius 1 is 1.08 bits per heavy atom. The lowest BCUT2D eigenvalue weighted by atomic mass is 9.75. The molecule has 71 valence electrons. The maximum Gasteiger partial charge on any atom is 0.111 e. The molecule has 0 aromatic rings. The van der Waals surface area contributed by atoms with Crippen molar-refractivity contribution in [3.63, 3.8) is 0 Å². The summed E-state index contributed by atoms with van der Waals surface area (Å²) < 4.78 is 10.3. The summed E-state index contributed by atoms with van der Waals surface area (Å²) in [4.78, 5) is 0. The number of ether oxygens (including phenoxy) is 2. The molecule has 1 aliphatic rings. The fraction of sp³-hybridized carbons (Fsp3) is 0.600. The van der Waals surface area contributed by atoms with Gasteiger partial charge in [-0.15, -0.1) is 0 Å². The minimum Gasteiger partial charge on any atom is -0.501 e. The number of hydrogen-bond donors (Lipinski definition) is 0. The van der Waals surface area contributed by atoms with Crippen LogP contribution in [0.2, 0.25) is 12.6 Å². The average molecular weight is 179 g/mol. The van der Waals surface area contributed by atoms with E-state index < -0.39 is 0 Å². The molecule has 0 N–H and O–H groups in total. The first-order valence-electron chi connectivity index (χ1n) is 4.48. The normalized spacial score (nSPS) is 26.3. The van der Waals surface area contributed by atoms with Crippen molar-refractivity contribution in [2.45, 2.75) is 12.6 Å². The highest BCUT2D eigenvalue weighted by Gasteiger charge is 2.32. The van der Waals surface area contributed by atoms with Crippen LogP contribution in [-0.4, -0.2) is 21.5 Å². The van der Waals surface area contributed by atoms with Gasteiger partial charge in [-0.05, 0) is 0 Å². The van der Waals surface area contributed by atoms with Crippen LogP contribution in [0, 0.1) is 11.8 Å². The van der Waals surface area contributed by atoms with Crippen molar-refractivity contribution in [3.05, 3.63) is 24.7 Å². The Kier molecular flexibility index (Phi) is 3.46. The molecule has 1 saturated heterocycles. The lowest BCUT2D eigenvalue weighted by Crippen LogP contribution is -2.13. The van der Waals surface area contributed by atoms with Crippen LogP contribution in [0.5, 0.6) is 0 Å². The molecule has 0 aromatic carbocycles. The van der Waals surface area contributed by atoms with Gasteiger partial charge < -0.3 is 9.47 Å². The molecule has 0 aliphatic carbocycles. The van der Waals surface area contributed by atoms with Crippen molar-refractivity contribution in [1.29, 1.82) is 0 Å². The average Bonchev–Trinajstić information content (AvgIpc) is 2.63. The van der Waals surface area contributed by atoms with Gasteiger partial charge in [0.15, 0.2) is 0 Å². The second-order valence-electron chi connectivity index (χ2n) is 3.31. The minimum absolute atomic E-state index is 0.345. The van der Waals surface area contributed by atoms with E-state index in [9.17, 15) is 0 Å². The molecule has 13 heavy (non-hydrogen) atoms. The molecule has 0 saturated carbocycles. The molecule has 2 atom stereocenters. The number of hydrogen-bond acceptors (Lipinski definition) is 2. The van der Waals surface area contributed by atoms with E-state index in [4.69, 9.17) is 9.47 Å². The molecule has 1 radical (unpaired) electrons. The van der Waals surface area contributed by atoms with Crippen molar-refractivity contribution in [1.82, 2.24) is 0 Å². The lowest BCUT2D eigenvalue weighted by Gasteiger charge is -2.22. The molecule has 0 aromatic heterocycles. The van der Waals surface area contributed by atoms with E-state index in [1.54, 1.807) is 14.2 Å². The molecule has 2 nitrogen and oxygen atoms in total. The summed E-state index contributed by atoms with van der Waals surface area (Å²) in [5.41, 5.74) is 0. The van der Waals surface area contributed by atoms with Gasteiger partial charge in [0.05, 0.1) is 25.7 Å². The Morgan fingerprint density at radius 2 is 1.46 bits per heavy atom. The van der Waals surface area contributed by atoms with Gasteiger partial charge in [-0.25, -0.2) is 0 Å². The highest BCUT2D eigenvalue weighted by atomic mass is 16.5. The highest BCUT2D eigenvalue weighted by molar-refractivity contribution is 6.37. The first kappa shape index (κ1) is 10.2. The molecule has 0 bridgehead atoms. The van der Waals surface area contributed by atoms with E-state index in [0.717, 1.165) is 24.2 Å². The maximum atomic E-state index is 5.15. The molecule has 2 unspecified atom stereocenters. The smallest absolute Gasteiger partial charge is 0.111 e. The zero-order valence-electron chi connectivity index (χ0n) is 8.38. The van der Waals surface area contributed by atoms with Crippen LogP contribution >= 0.6 is 0 Å². The van der Waals surface area contributed by atoms with Gasteiger partial charge in [-0.3, -0.25) is 0 Å². The van der Waals surface area contributed by atoms with Crippen LogP contribution in [-0.2, 0) is 9.47 Å². The summed E-state index contributed by atoms with van der Waals surface area (Å²) in [7, 11) is 5.56. The topological polar surface area (TPSA) is 18.5 Å². The van der Waals surface area contributed by atoms with E-state index >= 15 is 0 Å². The van der Waals surface area contributed by atoms with Gasteiger partial charge in [0.25, 0.3) is 0 Å². The molecule has 0 spiro atoms. The maximum absolute atomic E-state index is 5.15. The fourth-order valence-corrected chi connectivity index (χ4v) is 1.80. The predicted octanol–water partition coefficient (Wildman–Crippen LogP) is 2.09. The second-order valence-corrected chi connectivity index (χ2v) is 3.31. The predicted molar refractivity (Wildman–Crippen MR) is 54.6 cm³/mol. The molecule has 3 heteroatoms. The Hall–Kier alpha value is -0.855. The second kappa shape index (κ2) is 4.40. The highest BCUT2D eigenvalue weighted by Crippen LogP contribution is 2.37. The zero-order chi connectivity index (χ0) is 9.84. The van der Waals surface area contributed by atoms with Crippen LogP contribution in [0.1, 0.15) is 0 Å². The van der Waals surface area contributed by atoms with Crippen molar-refractivity contribution < 1.29 is 9.47 Å². The number of rotatable bonds is 4. The zero-order valence-corrected chi connectivity index (χ0v) is 8.38. The van der Waals surface area contributed by atoms with E-state index in [-0.39, 0.29) is 0 Å². The van der Waals surface area contributed by atoms with Crippen LogP contribution in [0.15, 0.2) is 24.7 Å². The third-order valence-corrected chi connectivity index (χ3v) is 2.68. The minimum atomic E-state index is 0.345. The number of allylic oxidation sites excluding steroid dienone is 2. The van der Waals surface area contributed by atoms with Crippen molar-refractivity contribution in [2.75, 3.05) is 14.2 Å². The van der Waals surface area contributed by atoms with Gasteiger partial charge in [0.1, 0.15) is 7.28 Å². The van der Waals surface area contributed by atoms with E-state index in [0.29, 0.717) is 11.8 Å². The van der Waals surface area contributed by atoms with Crippen LogP contribution in [0.3, 0.4) is 0 Å². The van der Waals surface area contributed by atoms with Gasteiger partial charge >= 0.3 is 0 Å². The van der Waals surface area contributed by atoms with Crippen molar-refractivity contribution in [2.24, 2.45) is 11.8 Å². The fourth-order valence-electron chi connectivity index (χ4n) is 1.80. The summed E-state index contributed by atoms with van der Waals surface area (Å²) in [6.45, 7) is 7.77. The lowest BCUT2D eigenvalue weighted by molar-refractivity contribution is 0.192. The van der Waals surface area contributed by atoms with Crippen LogP contribution in [0.4, 0.5) is 0 Å². The van der Waals surface area contributed by atoms with Crippen LogP contribution < -0.4 is 0 Å². The quantitative estimate of drug-likeness (QED) is 0.486. The Labute approximate surface area is 80.9 Å².